The standard InChI is InChI=1S/C54H31N3OS/c1-2-13-32(14-3-1)33-25-27-34(28-26-33)49-53-50(43-20-9-11-24-47(43)59-53)56-54(55-49)35-29-30-38-41-21-12-23-45(52(41)58-46(38)31-35)57-44-22-10-8-19-42(44)48-39-17-6-4-15-36(39)37-16-5-7-18-40(37)51(48)57/h1-31H. The maximum atomic E-state index is 7.01. The SMILES string of the molecule is c1ccc(-c2ccc(-c3nc(-c4ccc5c(c4)oc4c(-n6c7ccccc7c7c8ccccc8c8ccccc8c76)cccc45)nc4c3sc3ccccc34)cc2)cc1. The molecule has 0 N–H and O–H groups in total. The highest BCUT2D eigenvalue weighted by Crippen LogP contribution is 2.45. The number of para-hydroxylation sites is 2. The summed E-state index contributed by atoms with van der Waals surface area (Å²) in [6.45, 7) is 0. The molecule has 0 radical (unpaired) electrons. The van der Waals surface area contributed by atoms with Crippen LogP contribution in [0.1, 0.15) is 0 Å². The average Bonchev–Trinajstić information content (AvgIpc) is 3.99. The van der Waals surface area contributed by atoms with E-state index in [4.69, 9.17) is 14.4 Å². The third kappa shape index (κ3) is 4.77. The highest BCUT2D eigenvalue weighted by Gasteiger charge is 2.22. The second kappa shape index (κ2) is 12.4. The van der Waals surface area contributed by atoms with Gasteiger partial charge in [0, 0.05) is 48.1 Å². The molecule has 9 aromatic carbocycles. The van der Waals surface area contributed by atoms with Crippen LogP contribution in [0.25, 0.3) is 125 Å². The molecule has 0 amide bonds. The molecular weight excluding hydrogens is 739 g/mol. The summed E-state index contributed by atoms with van der Waals surface area (Å²) in [6.07, 6.45) is 0. The number of rotatable bonds is 4. The van der Waals surface area contributed by atoms with Crippen molar-refractivity contribution in [2.45, 2.75) is 0 Å². The summed E-state index contributed by atoms with van der Waals surface area (Å²) in [5, 5.41) is 10.7. The van der Waals surface area contributed by atoms with Crippen molar-refractivity contribution < 1.29 is 4.42 Å². The Kier molecular flexibility index (Phi) is 6.85. The molecule has 5 heteroatoms. The molecule has 13 rings (SSSR count). The Labute approximate surface area is 341 Å². The molecule has 0 bridgehead atoms. The molecule has 0 saturated heterocycles. The first kappa shape index (κ1) is 32.5. The number of hydrogen-bond acceptors (Lipinski definition) is 4. The van der Waals surface area contributed by atoms with Crippen LogP contribution in [0.15, 0.2) is 192 Å². The van der Waals surface area contributed by atoms with Crippen molar-refractivity contribution in [1.29, 1.82) is 0 Å². The third-order valence-corrected chi connectivity index (χ3v) is 13.2. The summed E-state index contributed by atoms with van der Waals surface area (Å²) in [5.41, 5.74) is 11.2. The van der Waals surface area contributed by atoms with Gasteiger partial charge in [-0.1, -0.05) is 158 Å². The van der Waals surface area contributed by atoms with Crippen LogP contribution in [0.5, 0.6) is 0 Å². The van der Waals surface area contributed by atoms with Gasteiger partial charge in [-0.15, -0.1) is 11.3 Å². The maximum absolute atomic E-state index is 7.01. The Bertz CT molecular complexity index is 3840. The number of aromatic nitrogens is 3. The van der Waals surface area contributed by atoms with Crippen LogP contribution >= 0.6 is 11.3 Å². The lowest BCUT2D eigenvalue weighted by atomic mass is 9.97. The molecule has 0 aliphatic rings. The lowest BCUT2D eigenvalue weighted by molar-refractivity contribution is 0.666. The van der Waals surface area contributed by atoms with E-state index in [9.17, 15) is 0 Å². The van der Waals surface area contributed by atoms with Crippen molar-refractivity contribution >= 4 is 96.9 Å². The number of nitrogens with zero attached hydrogens (tertiary/aromatic N) is 3. The van der Waals surface area contributed by atoms with E-state index in [1.54, 1.807) is 11.3 Å². The highest BCUT2D eigenvalue weighted by molar-refractivity contribution is 7.26. The van der Waals surface area contributed by atoms with Gasteiger partial charge in [0.15, 0.2) is 11.4 Å². The fourth-order valence-corrected chi connectivity index (χ4v) is 10.5. The molecule has 13 aromatic rings. The van der Waals surface area contributed by atoms with Gasteiger partial charge in [0.1, 0.15) is 5.58 Å². The molecule has 4 aromatic heterocycles. The molecular formula is C54H31N3OS. The molecule has 4 heterocycles. The first-order chi connectivity index (χ1) is 29.3. The van der Waals surface area contributed by atoms with Crippen LogP contribution in [0, 0.1) is 0 Å². The maximum Gasteiger partial charge on any atom is 0.160 e. The van der Waals surface area contributed by atoms with Crippen molar-refractivity contribution in [1.82, 2.24) is 14.5 Å². The van der Waals surface area contributed by atoms with Gasteiger partial charge in [0.05, 0.1) is 32.6 Å². The van der Waals surface area contributed by atoms with Gasteiger partial charge in [0.2, 0.25) is 0 Å². The van der Waals surface area contributed by atoms with Gasteiger partial charge >= 0.3 is 0 Å². The van der Waals surface area contributed by atoms with Gasteiger partial charge < -0.3 is 8.98 Å². The lowest BCUT2D eigenvalue weighted by Gasteiger charge is -2.12. The number of thiophene rings is 1. The van der Waals surface area contributed by atoms with Crippen molar-refractivity contribution in [2.24, 2.45) is 0 Å². The third-order valence-electron chi connectivity index (χ3n) is 12.0. The zero-order chi connectivity index (χ0) is 38.6. The van der Waals surface area contributed by atoms with Gasteiger partial charge in [-0.3, -0.25) is 0 Å². The molecule has 0 saturated carbocycles. The van der Waals surface area contributed by atoms with Gasteiger partial charge in [-0.2, -0.15) is 0 Å². The smallest absolute Gasteiger partial charge is 0.160 e. The number of hydrogen-bond donors (Lipinski definition) is 0. The molecule has 274 valence electrons. The molecule has 0 aliphatic carbocycles. The first-order valence-corrected chi connectivity index (χ1v) is 20.7. The normalized spacial score (nSPS) is 12.1. The van der Waals surface area contributed by atoms with Crippen molar-refractivity contribution in [2.75, 3.05) is 0 Å². The Morgan fingerprint density at radius 3 is 1.90 bits per heavy atom. The number of fused-ring (bicyclic) bond motifs is 14. The lowest BCUT2D eigenvalue weighted by Crippen LogP contribution is -1.95. The van der Waals surface area contributed by atoms with Crippen molar-refractivity contribution in [3.8, 4) is 39.5 Å². The van der Waals surface area contributed by atoms with Crippen LogP contribution in [-0.4, -0.2) is 14.5 Å². The quantitative estimate of drug-likeness (QED) is 0.167. The van der Waals surface area contributed by atoms with E-state index in [1.165, 1.54) is 53.7 Å². The predicted octanol–water partition coefficient (Wildman–Crippen LogP) is 15.1. The topological polar surface area (TPSA) is 43.9 Å². The van der Waals surface area contributed by atoms with Crippen LogP contribution in [0.4, 0.5) is 0 Å². The molecule has 59 heavy (non-hydrogen) atoms. The summed E-state index contributed by atoms with van der Waals surface area (Å²) in [7, 11) is 0. The number of benzene rings is 9. The highest BCUT2D eigenvalue weighted by atomic mass is 32.1. The van der Waals surface area contributed by atoms with E-state index in [0.29, 0.717) is 5.82 Å². The first-order valence-electron chi connectivity index (χ1n) is 19.9. The Morgan fingerprint density at radius 1 is 0.441 bits per heavy atom. The van der Waals surface area contributed by atoms with E-state index in [1.807, 2.05) is 0 Å². The van der Waals surface area contributed by atoms with Crippen LogP contribution in [0.2, 0.25) is 0 Å². The Hall–Kier alpha value is -7.60. The molecule has 0 aliphatic heterocycles. The van der Waals surface area contributed by atoms with Gasteiger partial charge in [0.25, 0.3) is 0 Å². The number of furan rings is 1. The van der Waals surface area contributed by atoms with Crippen molar-refractivity contribution in [3.05, 3.63) is 188 Å². The van der Waals surface area contributed by atoms with E-state index in [0.717, 1.165) is 65.6 Å². The van der Waals surface area contributed by atoms with E-state index in [2.05, 4.69) is 193 Å². The summed E-state index contributed by atoms with van der Waals surface area (Å²) < 4.78 is 11.7. The molecule has 4 nitrogen and oxygen atoms in total. The van der Waals surface area contributed by atoms with E-state index < -0.39 is 0 Å². The molecule has 0 atom stereocenters. The minimum absolute atomic E-state index is 0.673. The van der Waals surface area contributed by atoms with Crippen LogP contribution < -0.4 is 0 Å². The molecule has 0 unspecified atom stereocenters. The fourth-order valence-electron chi connectivity index (χ4n) is 9.34. The van der Waals surface area contributed by atoms with Crippen LogP contribution in [0.3, 0.4) is 0 Å². The molecule has 0 spiro atoms. The predicted molar refractivity (Wildman–Crippen MR) is 248 cm³/mol. The Balaban J connectivity index is 1.03. The Morgan fingerprint density at radius 2 is 1.07 bits per heavy atom. The minimum atomic E-state index is 0.673. The summed E-state index contributed by atoms with van der Waals surface area (Å²) >= 11 is 1.75. The monoisotopic (exact) mass is 769 g/mol. The van der Waals surface area contributed by atoms with E-state index in [-0.39, 0.29) is 0 Å². The zero-order valence-corrected chi connectivity index (χ0v) is 32.4. The van der Waals surface area contributed by atoms with Crippen LogP contribution in [-0.2, 0) is 0 Å². The van der Waals surface area contributed by atoms with E-state index >= 15 is 0 Å². The van der Waals surface area contributed by atoms with Gasteiger partial charge in [-0.05, 0) is 57.6 Å². The van der Waals surface area contributed by atoms with Gasteiger partial charge in [-0.25, -0.2) is 9.97 Å². The second-order valence-corrected chi connectivity index (χ2v) is 16.3. The summed E-state index contributed by atoms with van der Waals surface area (Å²) in [5.74, 6) is 0.673. The van der Waals surface area contributed by atoms with Crippen molar-refractivity contribution in [3.63, 3.8) is 0 Å². The largest absolute Gasteiger partial charge is 0.454 e. The summed E-state index contributed by atoms with van der Waals surface area (Å²) in [4.78, 5) is 10.6. The summed E-state index contributed by atoms with van der Waals surface area (Å²) in [6, 6.07) is 67.0. The second-order valence-electron chi connectivity index (χ2n) is 15.2. The minimum Gasteiger partial charge on any atom is -0.454 e. The fraction of sp³-hybridized carbons (Fsp3) is 0. The zero-order valence-electron chi connectivity index (χ0n) is 31.6. The average molecular weight is 770 g/mol. The molecule has 0 fully saturated rings.